The number of aryl methyl sites for hydroxylation is 1. The zero-order valence-electron chi connectivity index (χ0n) is 10.7. The summed E-state index contributed by atoms with van der Waals surface area (Å²) in [5.41, 5.74) is 3.73. The van der Waals surface area contributed by atoms with Crippen LogP contribution in [0.5, 0.6) is 5.75 Å². The lowest BCUT2D eigenvalue weighted by molar-refractivity contribution is 0.0926. The molecule has 0 saturated heterocycles. The number of aromatic hydroxyl groups is 1. The molecule has 0 bridgehead atoms. The number of nitrogens with zero attached hydrogens (tertiary/aromatic N) is 1. The largest absolute Gasteiger partial charge is 0.508 e. The minimum absolute atomic E-state index is 0.153. The Labute approximate surface area is 110 Å². The topological polar surface area (TPSA) is 74.8 Å². The number of nitrogens with one attached hydrogen (secondary N) is 1. The van der Waals surface area contributed by atoms with Crippen molar-refractivity contribution in [1.82, 2.24) is 5.43 Å². The van der Waals surface area contributed by atoms with Gasteiger partial charge in [0, 0.05) is 5.56 Å². The maximum absolute atomic E-state index is 11.7. The van der Waals surface area contributed by atoms with Gasteiger partial charge < -0.3 is 9.52 Å². The van der Waals surface area contributed by atoms with Crippen molar-refractivity contribution in [2.24, 2.45) is 5.10 Å². The van der Waals surface area contributed by atoms with Gasteiger partial charge in [0.2, 0.25) is 0 Å². The maximum Gasteiger partial charge on any atom is 0.307 e. The molecule has 2 N–H and O–H groups in total. The Bertz CT molecular complexity index is 629. The number of hydrogen-bond acceptors (Lipinski definition) is 4. The first-order chi connectivity index (χ1) is 9.06. The molecule has 5 heteroatoms. The lowest BCUT2D eigenvalue weighted by Gasteiger charge is -2.02. The number of carbonyl (C=O) groups excluding carboxylic acids is 1. The minimum atomic E-state index is -0.410. The van der Waals surface area contributed by atoms with Gasteiger partial charge in [0.1, 0.15) is 11.5 Å². The van der Waals surface area contributed by atoms with Crippen LogP contribution in [0.25, 0.3) is 0 Å². The Morgan fingerprint density at radius 1 is 1.32 bits per heavy atom. The van der Waals surface area contributed by atoms with Gasteiger partial charge >= 0.3 is 5.91 Å². The molecule has 0 radical (unpaired) electrons. The summed E-state index contributed by atoms with van der Waals surface area (Å²) in [4.78, 5) is 11.7. The van der Waals surface area contributed by atoms with Gasteiger partial charge in [-0.25, -0.2) is 5.43 Å². The number of rotatable bonds is 3. The first-order valence-corrected chi connectivity index (χ1v) is 5.77. The molecule has 1 aromatic heterocycles. The van der Waals surface area contributed by atoms with Crippen LogP contribution in [0.15, 0.2) is 45.9 Å². The van der Waals surface area contributed by atoms with Gasteiger partial charge in [-0.3, -0.25) is 4.79 Å². The summed E-state index contributed by atoms with van der Waals surface area (Å²) in [5.74, 6) is 0.622. The molecule has 1 amide bonds. The van der Waals surface area contributed by atoms with Crippen LogP contribution in [0.3, 0.4) is 0 Å². The van der Waals surface area contributed by atoms with E-state index in [-0.39, 0.29) is 11.5 Å². The average molecular weight is 258 g/mol. The number of hydrazone groups is 1. The third-order valence-corrected chi connectivity index (χ3v) is 2.55. The predicted molar refractivity (Wildman–Crippen MR) is 71.2 cm³/mol. The van der Waals surface area contributed by atoms with E-state index in [9.17, 15) is 9.90 Å². The Balaban J connectivity index is 2.08. The molecule has 0 atom stereocenters. The lowest BCUT2D eigenvalue weighted by atomic mass is 10.1. The molecule has 0 fully saturated rings. The molecule has 0 aliphatic heterocycles. The first kappa shape index (κ1) is 12.9. The summed E-state index contributed by atoms with van der Waals surface area (Å²) < 4.78 is 5.18. The van der Waals surface area contributed by atoms with Crippen LogP contribution in [0, 0.1) is 6.92 Å². The van der Waals surface area contributed by atoms with Gasteiger partial charge in [-0.2, -0.15) is 5.10 Å². The van der Waals surface area contributed by atoms with Crippen LogP contribution in [0.4, 0.5) is 0 Å². The number of amides is 1. The van der Waals surface area contributed by atoms with Crippen molar-refractivity contribution >= 4 is 11.6 Å². The molecule has 0 unspecified atom stereocenters. The fourth-order valence-electron chi connectivity index (χ4n) is 1.54. The molecule has 19 heavy (non-hydrogen) atoms. The summed E-state index contributed by atoms with van der Waals surface area (Å²) in [6, 6.07) is 9.94. The minimum Gasteiger partial charge on any atom is -0.508 e. The van der Waals surface area contributed by atoms with Gasteiger partial charge in [0.25, 0.3) is 0 Å². The number of hydrogen-bond donors (Lipinski definition) is 2. The highest BCUT2D eigenvalue weighted by Crippen LogP contribution is 2.11. The Hall–Kier alpha value is -2.56. The molecule has 5 nitrogen and oxygen atoms in total. The van der Waals surface area contributed by atoms with E-state index in [2.05, 4.69) is 10.5 Å². The lowest BCUT2D eigenvalue weighted by Crippen LogP contribution is -2.18. The van der Waals surface area contributed by atoms with Crippen molar-refractivity contribution in [2.75, 3.05) is 0 Å². The fourth-order valence-corrected chi connectivity index (χ4v) is 1.54. The second-order valence-electron chi connectivity index (χ2n) is 4.10. The third-order valence-electron chi connectivity index (χ3n) is 2.55. The normalized spacial score (nSPS) is 11.4. The molecular formula is C14H14N2O3. The van der Waals surface area contributed by atoms with Gasteiger partial charge in [-0.1, -0.05) is 12.1 Å². The second kappa shape index (κ2) is 5.39. The highest BCUT2D eigenvalue weighted by Gasteiger charge is 2.09. The SMILES string of the molecule is C/C(=N\NC(=O)c1ccc(C)o1)c1cccc(O)c1. The van der Waals surface area contributed by atoms with Crippen LogP contribution in [-0.2, 0) is 0 Å². The van der Waals surface area contributed by atoms with Crippen molar-refractivity contribution in [3.63, 3.8) is 0 Å². The Kier molecular flexibility index (Phi) is 3.66. The number of phenols is 1. The van der Waals surface area contributed by atoms with Crippen molar-refractivity contribution in [3.05, 3.63) is 53.5 Å². The van der Waals surface area contributed by atoms with E-state index in [0.29, 0.717) is 11.5 Å². The molecule has 1 heterocycles. The van der Waals surface area contributed by atoms with Crippen LogP contribution >= 0.6 is 0 Å². The Morgan fingerprint density at radius 3 is 2.74 bits per heavy atom. The first-order valence-electron chi connectivity index (χ1n) is 5.77. The number of phenolic OH excluding ortho intramolecular Hbond substituents is 1. The fraction of sp³-hybridized carbons (Fsp3) is 0.143. The number of carbonyl (C=O) groups is 1. The molecule has 0 aliphatic rings. The van der Waals surface area contributed by atoms with Crippen molar-refractivity contribution in [2.45, 2.75) is 13.8 Å². The molecule has 2 rings (SSSR count). The highest BCUT2D eigenvalue weighted by molar-refractivity contribution is 6.00. The molecule has 0 spiro atoms. The van der Waals surface area contributed by atoms with Gasteiger partial charge in [0.15, 0.2) is 5.76 Å². The van der Waals surface area contributed by atoms with Gasteiger partial charge in [0.05, 0.1) is 5.71 Å². The van der Waals surface area contributed by atoms with Crippen LogP contribution in [0.1, 0.15) is 28.8 Å². The maximum atomic E-state index is 11.7. The quantitative estimate of drug-likeness (QED) is 0.656. The van der Waals surface area contributed by atoms with E-state index in [1.54, 1.807) is 50.2 Å². The summed E-state index contributed by atoms with van der Waals surface area (Å²) in [7, 11) is 0. The molecule has 2 aromatic rings. The standard InChI is InChI=1S/C14H14N2O3/c1-9-6-7-13(19-9)14(18)16-15-10(2)11-4-3-5-12(17)8-11/h3-8,17H,1-2H3,(H,16,18)/b15-10+. The molecule has 1 aromatic carbocycles. The van der Waals surface area contributed by atoms with Gasteiger partial charge in [-0.05, 0) is 38.1 Å². The Morgan fingerprint density at radius 2 is 2.11 bits per heavy atom. The zero-order chi connectivity index (χ0) is 13.8. The van der Waals surface area contributed by atoms with Crippen LogP contribution in [0.2, 0.25) is 0 Å². The molecule has 0 aliphatic carbocycles. The van der Waals surface area contributed by atoms with E-state index in [4.69, 9.17) is 4.42 Å². The van der Waals surface area contributed by atoms with E-state index in [0.717, 1.165) is 5.56 Å². The predicted octanol–water partition coefficient (Wildman–Crippen LogP) is 2.45. The smallest absolute Gasteiger partial charge is 0.307 e. The van der Waals surface area contributed by atoms with E-state index >= 15 is 0 Å². The molecule has 0 saturated carbocycles. The summed E-state index contributed by atoms with van der Waals surface area (Å²) in [6.45, 7) is 3.50. The van der Waals surface area contributed by atoms with Crippen LogP contribution in [-0.4, -0.2) is 16.7 Å². The van der Waals surface area contributed by atoms with E-state index < -0.39 is 5.91 Å². The van der Waals surface area contributed by atoms with Crippen molar-refractivity contribution < 1.29 is 14.3 Å². The van der Waals surface area contributed by atoms with E-state index in [1.807, 2.05) is 0 Å². The highest BCUT2D eigenvalue weighted by atomic mass is 16.3. The van der Waals surface area contributed by atoms with Crippen molar-refractivity contribution in [1.29, 1.82) is 0 Å². The average Bonchev–Trinajstić information content (AvgIpc) is 2.82. The summed E-state index contributed by atoms with van der Waals surface area (Å²) in [5, 5.41) is 13.3. The number of benzene rings is 1. The molecular weight excluding hydrogens is 244 g/mol. The summed E-state index contributed by atoms with van der Waals surface area (Å²) >= 11 is 0. The monoisotopic (exact) mass is 258 g/mol. The van der Waals surface area contributed by atoms with Gasteiger partial charge in [-0.15, -0.1) is 0 Å². The van der Waals surface area contributed by atoms with E-state index in [1.165, 1.54) is 0 Å². The zero-order valence-corrected chi connectivity index (χ0v) is 10.7. The van der Waals surface area contributed by atoms with Crippen LogP contribution < -0.4 is 5.43 Å². The molecule has 98 valence electrons. The number of furan rings is 1. The second-order valence-corrected chi connectivity index (χ2v) is 4.10. The summed E-state index contributed by atoms with van der Waals surface area (Å²) in [6.07, 6.45) is 0. The third kappa shape index (κ3) is 3.22. The van der Waals surface area contributed by atoms with Crippen molar-refractivity contribution in [3.8, 4) is 5.75 Å².